The van der Waals surface area contributed by atoms with E-state index in [1.807, 2.05) is 31.2 Å². The van der Waals surface area contributed by atoms with E-state index in [2.05, 4.69) is 5.32 Å². The number of hydrogen-bond acceptors (Lipinski definition) is 1. The third-order valence-electron chi connectivity index (χ3n) is 1.70. The molecule has 2 heteroatoms. The molecule has 0 aliphatic rings. The second-order valence-corrected chi connectivity index (χ2v) is 2.51. The first kappa shape index (κ1) is 9.07. The van der Waals surface area contributed by atoms with E-state index in [-0.39, 0.29) is 0 Å². The number of ether oxygens (including phenoxy) is 1. The van der Waals surface area contributed by atoms with E-state index in [4.69, 9.17) is 4.74 Å². The minimum atomic E-state index is 0.751. The molecule has 0 aliphatic carbocycles. The van der Waals surface area contributed by atoms with E-state index in [1.54, 1.807) is 7.11 Å². The summed E-state index contributed by atoms with van der Waals surface area (Å²) in [4.78, 5) is 0. The third kappa shape index (κ3) is 2.24. The molecule has 2 nitrogen and oxygen atoms in total. The van der Waals surface area contributed by atoms with Crippen LogP contribution < -0.4 is 10.1 Å². The van der Waals surface area contributed by atoms with E-state index in [0.717, 1.165) is 24.4 Å². The zero-order valence-electron chi connectivity index (χ0n) is 7.58. The Morgan fingerprint density at radius 1 is 1.33 bits per heavy atom. The van der Waals surface area contributed by atoms with Gasteiger partial charge >= 0.3 is 0 Å². The van der Waals surface area contributed by atoms with Crippen LogP contribution in [-0.4, -0.2) is 13.7 Å². The molecule has 0 heterocycles. The SMILES string of the molecule is CC[N]Cc1ccccc1OC. The minimum absolute atomic E-state index is 0.751. The Balaban J connectivity index is 2.68. The van der Waals surface area contributed by atoms with Gasteiger partial charge in [-0.3, -0.25) is 0 Å². The Hall–Kier alpha value is -1.02. The second kappa shape index (κ2) is 4.78. The van der Waals surface area contributed by atoms with E-state index in [0.29, 0.717) is 0 Å². The Morgan fingerprint density at radius 3 is 2.75 bits per heavy atom. The fraction of sp³-hybridized carbons (Fsp3) is 0.400. The van der Waals surface area contributed by atoms with Gasteiger partial charge in [0.25, 0.3) is 0 Å². The lowest BCUT2D eigenvalue weighted by atomic mass is 10.2. The molecule has 0 saturated heterocycles. The molecule has 65 valence electrons. The summed E-state index contributed by atoms with van der Waals surface area (Å²) in [5.74, 6) is 0.926. The Kier molecular flexibility index (Phi) is 3.61. The van der Waals surface area contributed by atoms with Crippen molar-refractivity contribution in [3.63, 3.8) is 0 Å². The van der Waals surface area contributed by atoms with Gasteiger partial charge in [0.2, 0.25) is 0 Å². The van der Waals surface area contributed by atoms with Crippen LogP contribution in [0.25, 0.3) is 0 Å². The van der Waals surface area contributed by atoms with Gasteiger partial charge in [0.05, 0.1) is 7.11 Å². The van der Waals surface area contributed by atoms with Gasteiger partial charge in [0.1, 0.15) is 5.75 Å². The second-order valence-electron chi connectivity index (χ2n) is 2.51. The van der Waals surface area contributed by atoms with Crippen LogP contribution in [0.5, 0.6) is 5.75 Å². The van der Waals surface area contributed by atoms with E-state index >= 15 is 0 Å². The highest BCUT2D eigenvalue weighted by atomic mass is 16.5. The normalized spacial score (nSPS) is 9.83. The minimum Gasteiger partial charge on any atom is -0.496 e. The van der Waals surface area contributed by atoms with Crippen LogP contribution in [-0.2, 0) is 6.54 Å². The molecule has 0 spiro atoms. The third-order valence-corrected chi connectivity index (χ3v) is 1.70. The van der Waals surface area contributed by atoms with Crippen molar-refractivity contribution in [2.45, 2.75) is 13.5 Å². The van der Waals surface area contributed by atoms with Crippen molar-refractivity contribution in [3.8, 4) is 5.75 Å². The maximum atomic E-state index is 5.18. The van der Waals surface area contributed by atoms with Crippen LogP contribution in [0.3, 0.4) is 0 Å². The van der Waals surface area contributed by atoms with Gasteiger partial charge in [-0.2, -0.15) is 0 Å². The molecule has 0 N–H and O–H groups in total. The lowest BCUT2D eigenvalue weighted by Gasteiger charge is -2.06. The summed E-state index contributed by atoms with van der Waals surface area (Å²) < 4.78 is 5.18. The molecule has 0 fully saturated rings. The highest BCUT2D eigenvalue weighted by Crippen LogP contribution is 2.16. The molecule has 0 atom stereocenters. The predicted molar refractivity (Wildman–Crippen MR) is 49.4 cm³/mol. The van der Waals surface area contributed by atoms with Crippen LogP contribution in [0, 0.1) is 0 Å². The van der Waals surface area contributed by atoms with Crippen LogP contribution in [0.15, 0.2) is 24.3 Å². The summed E-state index contributed by atoms with van der Waals surface area (Å²) in [7, 11) is 1.69. The number of nitrogens with zero attached hydrogens (tertiary/aromatic N) is 1. The fourth-order valence-corrected chi connectivity index (χ4v) is 1.07. The molecule has 1 radical (unpaired) electrons. The van der Waals surface area contributed by atoms with Gasteiger partial charge in [0, 0.05) is 18.7 Å². The summed E-state index contributed by atoms with van der Waals surface area (Å²) >= 11 is 0. The molecule has 12 heavy (non-hydrogen) atoms. The molecule has 0 aliphatic heterocycles. The van der Waals surface area contributed by atoms with Crippen molar-refractivity contribution in [1.29, 1.82) is 0 Å². The maximum absolute atomic E-state index is 5.18. The average molecular weight is 164 g/mol. The zero-order chi connectivity index (χ0) is 8.81. The molecular weight excluding hydrogens is 150 g/mol. The van der Waals surface area contributed by atoms with Crippen molar-refractivity contribution < 1.29 is 4.74 Å². The topological polar surface area (TPSA) is 23.3 Å². The standard InChI is InChI=1S/C10H14NO/c1-3-11-8-9-6-4-5-7-10(9)12-2/h4-7H,3,8H2,1-2H3. The van der Waals surface area contributed by atoms with Crippen molar-refractivity contribution in [2.24, 2.45) is 0 Å². The molecule has 0 bridgehead atoms. The van der Waals surface area contributed by atoms with Crippen LogP contribution in [0.1, 0.15) is 12.5 Å². The molecule has 1 aromatic rings. The van der Waals surface area contributed by atoms with E-state index in [9.17, 15) is 0 Å². The van der Waals surface area contributed by atoms with Gasteiger partial charge in [-0.25, -0.2) is 5.32 Å². The van der Waals surface area contributed by atoms with E-state index in [1.165, 1.54) is 0 Å². The number of hydrogen-bond donors (Lipinski definition) is 0. The first-order chi connectivity index (χ1) is 5.88. The lowest BCUT2D eigenvalue weighted by molar-refractivity contribution is 0.408. The first-order valence-corrected chi connectivity index (χ1v) is 4.13. The monoisotopic (exact) mass is 164 g/mol. The number of methoxy groups -OCH3 is 1. The van der Waals surface area contributed by atoms with Crippen LogP contribution in [0.4, 0.5) is 0 Å². The summed E-state index contributed by atoms with van der Waals surface area (Å²) in [5.41, 5.74) is 1.15. The molecule has 0 aromatic heterocycles. The maximum Gasteiger partial charge on any atom is 0.123 e. The van der Waals surface area contributed by atoms with Crippen molar-refractivity contribution in [2.75, 3.05) is 13.7 Å². The molecular formula is C10H14NO. The predicted octanol–water partition coefficient (Wildman–Crippen LogP) is 1.82. The lowest BCUT2D eigenvalue weighted by Crippen LogP contribution is -2.04. The largest absolute Gasteiger partial charge is 0.496 e. The fourth-order valence-electron chi connectivity index (χ4n) is 1.07. The molecule has 0 unspecified atom stereocenters. The Morgan fingerprint density at radius 2 is 2.08 bits per heavy atom. The number of para-hydroxylation sites is 1. The molecule has 1 rings (SSSR count). The highest BCUT2D eigenvalue weighted by Gasteiger charge is 1.99. The van der Waals surface area contributed by atoms with Gasteiger partial charge in [-0.05, 0) is 6.07 Å². The highest BCUT2D eigenvalue weighted by molar-refractivity contribution is 5.32. The smallest absolute Gasteiger partial charge is 0.123 e. The van der Waals surface area contributed by atoms with Gasteiger partial charge in [-0.1, -0.05) is 25.1 Å². The Bertz CT molecular complexity index is 235. The van der Waals surface area contributed by atoms with E-state index < -0.39 is 0 Å². The summed E-state index contributed by atoms with van der Waals surface area (Å²) in [6.45, 7) is 3.65. The Labute approximate surface area is 73.6 Å². The van der Waals surface area contributed by atoms with Gasteiger partial charge < -0.3 is 4.74 Å². The first-order valence-electron chi connectivity index (χ1n) is 4.13. The van der Waals surface area contributed by atoms with Gasteiger partial charge in [-0.15, -0.1) is 0 Å². The quantitative estimate of drug-likeness (QED) is 0.665. The number of benzene rings is 1. The van der Waals surface area contributed by atoms with Crippen LogP contribution in [0.2, 0.25) is 0 Å². The summed E-state index contributed by atoms with van der Waals surface area (Å²) in [6, 6.07) is 7.97. The molecule has 1 aromatic carbocycles. The van der Waals surface area contributed by atoms with Crippen molar-refractivity contribution >= 4 is 0 Å². The van der Waals surface area contributed by atoms with Crippen molar-refractivity contribution in [1.82, 2.24) is 5.32 Å². The van der Waals surface area contributed by atoms with Crippen LogP contribution >= 0.6 is 0 Å². The van der Waals surface area contributed by atoms with Gasteiger partial charge in [0.15, 0.2) is 0 Å². The average Bonchev–Trinajstić information content (AvgIpc) is 2.15. The molecule has 0 saturated carbocycles. The van der Waals surface area contributed by atoms with Crippen molar-refractivity contribution in [3.05, 3.63) is 29.8 Å². The zero-order valence-corrected chi connectivity index (χ0v) is 7.58. The molecule has 0 amide bonds. The summed E-state index contributed by atoms with van der Waals surface area (Å²) in [5, 5.41) is 4.27. The summed E-state index contributed by atoms with van der Waals surface area (Å²) in [6.07, 6.45) is 0. The number of rotatable bonds is 4.